The zero-order valence-corrected chi connectivity index (χ0v) is 17.6. The summed E-state index contributed by atoms with van der Waals surface area (Å²) in [5.74, 6) is 0.840. The van der Waals surface area contributed by atoms with Gasteiger partial charge in [0, 0.05) is 10.9 Å². The Bertz CT molecular complexity index is 1260. The van der Waals surface area contributed by atoms with E-state index in [0.29, 0.717) is 39.5 Å². The molecule has 0 fully saturated rings. The van der Waals surface area contributed by atoms with Crippen LogP contribution in [0.1, 0.15) is 16.1 Å². The maximum absolute atomic E-state index is 13.1. The number of fused-ring (bicyclic) bond motifs is 1. The molecule has 4 rings (SSSR count). The number of furan rings is 1. The van der Waals surface area contributed by atoms with Gasteiger partial charge in [-0.25, -0.2) is 0 Å². The average molecular weight is 431 g/mol. The normalized spacial score (nSPS) is 10.6. The van der Waals surface area contributed by atoms with E-state index in [-0.39, 0.29) is 18.2 Å². The lowest BCUT2D eigenvalue weighted by Gasteiger charge is -2.10. The molecule has 0 aliphatic carbocycles. The number of methoxy groups -OCH3 is 2. The van der Waals surface area contributed by atoms with Crippen LogP contribution in [-0.2, 0) is 4.79 Å². The van der Waals surface area contributed by atoms with Crippen molar-refractivity contribution in [1.82, 2.24) is 0 Å². The second-order valence-electron chi connectivity index (χ2n) is 6.85. The number of benzene rings is 3. The quantitative estimate of drug-likeness (QED) is 0.407. The molecule has 1 heterocycles. The SMILES string of the molecule is COc1ccc(C(=O)c2oc3ccccc3c2NC(=O)COc2ccccc2OC)cc1. The van der Waals surface area contributed by atoms with E-state index in [1.54, 1.807) is 79.9 Å². The van der Waals surface area contributed by atoms with Crippen LogP contribution >= 0.6 is 0 Å². The minimum absolute atomic E-state index is 0.0435. The molecule has 0 atom stereocenters. The van der Waals surface area contributed by atoms with E-state index < -0.39 is 5.91 Å². The van der Waals surface area contributed by atoms with E-state index in [1.807, 2.05) is 0 Å². The highest BCUT2D eigenvalue weighted by Crippen LogP contribution is 2.33. The zero-order valence-electron chi connectivity index (χ0n) is 17.6. The monoisotopic (exact) mass is 431 g/mol. The molecule has 1 amide bonds. The van der Waals surface area contributed by atoms with Crippen LogP contribution in [0.25, 0.3) is 11.0 Å². The zero-order chi connectivity index (χ0) is 22.5. The van der Waals surface area contributed by atoms with Gasteiger partial charge in [0.2, 0.25) is 5.78 Å². The van der Waals surface area contributed by atoms with Gasteiger partial charge in [-0.15, -0.1) is 0 Å². The van der Waals surface area contributed by atoms with Gasteiger partial charge >= 0.3 is 0 Å². The third-order valence-corrected chi connectivity index (χ3v) is 4.85. The fourth-order valence-corrected chi connectivity index (χ4v) is 3.26. The highest BCUT2D eigenvalue weighted by Gasteiger charge is 2.23. The Kier molecular flexibility index (Phi) is 6.07. The van der Waals surface area contributed by atoms with E-state index >= 15 is 0 Å². The van der Waals surface area contributed by atoms with Gasteiger partial charge < -0.3 is 23.9 Å². The third-order valence-electron chi connectivity index (χ3n) is 4.85. The van der Waals surface area contributed by atoms with Crippen molar-refractivity contribution in [1.29, 1.82) is 0 Å². The number of amides is 1. The summed E-state index contributed by atoms with van der Waals surface area (Å²) in [5.41, 5.74) is 1.20. The molecule has 1 aromatic heterocycles. The van der Waals surface area contributed by atoms with Gasteiger partial charge in [0.05, 0.1) is 19.9 Å². The van der Waals surface area contributed by atoms with E-state index in [1.165, 1.54) is 7.11 Å². The van der Waals surface area contributed by atoms with Crippen molar-refractivity contribution < 1.29 is 28.2 Å². The Morgan fingerprint density at radius 1 is 0.844 bits per heavy atom. The minimum Gasteiger partial charge on any atom is -0.497 e. The lowest BCUT2D eigenvalue weighted by atomic mass is 10.1. The lowest BCUT2D eigenvalue weighted by molar-refractivity contribution is -0.118. The number of rotatable bonds is 8. The van der Waals surface area contributed by atoms with Gasteiger partial charge in [0.1, 0.15) is 11.3 Å². The predicted molar refractivity (Wildman–Crippen MR) is 120 cm³/mol. The van der Waals surface area contributed by atoms with Gasteiger partial charge in [-0.2, -0.15) is 0 Å². The second-order valence-corrected chi connectivity index (χ2v) is 6.85. The van der Waals surface area contributed by atoms with Crippen molar-refractivity contribution >= 4 is 28.3 Å². The van der Waals surface area contributed by atoms with Crippen LogP contribution in [0, 0.1) is 0 Å². The van der Waals surface area contributed by atoms with E-state index in [9.17, 15) is 9.59 Å². The Labute approximate surface area is 184 Å². The highest BCUT2D eigenvalue weighted by molar-refractivity contribution is 6.17. The summed E-state index contributed by atoms with van der Waals surface area (Å²) >= 11 is 0. The molecule has 0 radical (unpaired) electrons. The van der Waals surface area contributed by atoms with Crippen molar-refractivity contribution in [2.45, 2.75) is 0 Å². The van der Waals surface area contributed by atoms with Gasteiger partial charge in [-0.3, -0.25) is 9.59 Å². The Morgan fingerprint density at radius 2 is 1.53 bits per heavy atom. The molecule has 0 saturated carbocycles. The first-order valence-corrected chi connectivity index (χ1v) is 9.86. The molecular formula is C25H21NO6. The molecule has 4 aromatic rings. The first kappa shape index (κ1) is 21.0. The summed E-state index contributed by atoms with van der Waals surface area (Å²) in [5, 5.41) is 3.39. The van der Waals surface area contributed by atoms with Crippen LogP contribution in [-0.4, -0.2) is 32.5 Å². The van der Waals surface area contributed by atoms with E-state index in [0.717, 1.165) is 0 Å². The van der Waals surface area contributed by atoms with Crippen LogP contribution in [0.4, 0.5) is 5.69 Å². The number of ketones is 1. The third kappa shape index (κ3) is 4.27. The number of ether oxygens (including phenoxy) is 3. The number of hydrogen-bond acceptors (Lipinski definition) is 6. The van der Waals surface area contributed by atoms with E-state index in [2.05, 4.69) is 5.32 Å². The number of anilines is 1. The van der Waals surface area contributed by atoms with Gasteiger partial charge in [-0.1, -0.05) is 24.3 Å². The summed E-state index contributed by atoms with van der Waals surface area (Å²) < 4.78 is 21.8. The second kappa shape index (κ2) is 9.26. The molecule has 162 valence electrons. The first-order chi connectivity index (χ1) is 15.6. The number of para-hydroxylation sites is 3. The molecular weight excluding hydrogens is 410 g/mol. The van der Waals surface area contributed by atoms with Crippen molar-refractivity contribution in [3.63, 3.8) is 0 Å². The minimum atomic E-state index is -0.439. The van der Waals surface area contributed by atoms with Crippen LogP contribution in [0.15, 0.2) is 77.2 Å². The van der Waals surface area contributed by atoms with Crippen molar-refractivity contribution in [3.05, 3.63) is 84.1 Å². The van der Waals surface area contributed by atoms with Crippen molar-refractivity contribution in [3.8, 4) is 17.2 Å². The summed E-state index contributed by atoms with van der Waals surface area (Å²) in [6, 6.07) is 20.8. The summed E-state index contributed by atoms with van der Waals surface area (Å²) in [6.45, 7) is -0.268. The number of carbonyl (C=O) groups is 2. The molecule has 0 aliphatic rings. The Morgan fingerprint density at radius 3 is 2.25 bits per heavy atom. The molecule has 3 aromatic carbocycles. The summed E-state index contributed by atoms with van der Waals surface area (Å²) in [4.78, 5) is 25.8. The van der Waals surface area contributed by atoms with Gasteiger partial charge in [0.25, 0.3) is 5.91 Å². The molecule has 7 heteroatoms. The summed E-state index contributed by atoms with van der Waals surface area (Å²) in [7, 11) is 3.08. The Balaban J connectivity index is 1.59. The molecule has 7 nitrogen and oxygen atoms in total. The summed E-state index contributed by atoms with van der Waals surface area (Å²) in [6.07, 6.45) is 0. The lowest BCUT2D eigenvalue weighted by Crippen LogP contribution is -2.21. The highest BCUT2D eigenvalue weighted by atomic mass is 16.5. The topological polar surface area (TPSA) is 87.0 Å². The predicted octanol–water partition coefficient (Wildman–Crippen LogP) is 4.70. The van der Waals surface area contributed by atoms with Crippen LogP contribution in [0.5, 0.6) is 17.2 Å². The van der Waals surface area contributed by atoms with Crippen LogP contribution < -0.4 is 19.5 Å². The smallest absolute Gasteiger partial charge is 0.262 e. The van der Waals surface area contributed by atoms with E-state index in [4.69, 9.17) is 18.6 Å². The molecule has 0 aliphatic heterocycles. The molecule has 0 unspecified atom stereocenters. The van der Waals surface area contributed by atoms with Gasteiger partial charge in [-0.05, 0) is 48.5 Å². The fraction of sp³-hybridized carbons (Fsp3) is 0.120. The molecule has 0 saturated heterocycles. The fourth-order valence-electron chi connectivity index (χ4n) is 3.26. The first-order valence-electron chi connectivity index (χ1n) is 9.86. The largest absolute Gasteiger partial charge is 0.497 e. The molecule has 1 N–H and O–H groups in total. The van der Waals surface area contributed by atoms with Crippen LogP contribution in [0.3, 0.4) is 0 Å². The number of nitrogens with one attached hydrogen (secondary N) is 1. The van der Waals surface area contributed by atoms with Crippen molar-refractivity contribution in [2.75, 3.05) is 26.1 Å². The maximum Gasteiger partial charge on any atom is 0.262 e. The average Bonchev–Trinajstić information content (AvgIpc) is 3.20. The number of hydrogen-bond donors (Lipinski definition) is 1. The Hall–Kier alpha value is -4.26. The molecule has 0 bridgehead atoms. The maximum atomic E-state index is 13.1. The standard InChI is InChI=1S/C25H21NO6/c1-29-17-13-11-16(12-14-17)24(28)25-23(18-7-3-4-8-19(18)32-25)26-22(27)15-31-21-10-6-5-9-20(21)30-2/h3-14H,15H2,1-2H3,(H,26,27). The molecule has 32 heavy (non-hydrogen) atoms. The van der Waals surface area contributed by atoms with Crippen molar-refractivity contribution in [2.24, 2.45) is 0 Å². The number of carbonyl (C=O) groups excluding carboxylic acids is 2. The molecule has 0 spiro atoms. The van der Waals surface area contributed by atoms with Gasteiger partial charge in [0.15, 0.2) is 23.9 Å². The van der Waals surface area contributed by atoms with Crippen LogP contribution in [0.2, 0.25) is 0 Å².